The van der Waals surface area contributed by atoms with Crippen molar-refractivity contribution in [1.29, 1.82) is 0 Å². The predicted molar refractivity (Wildman–Crippen MR) is 87.9 cm³/mol. The van der Waals surface area contributed by atoms with Crippen molar-refractivity contribution in [1.82, 2.24) is 10.3 Å². The maximum Gasteiger partial charge on any atom is 0.354 e. The minimum atomic E-state index is -1.11. The summed E-state index contributed by atoms with van der Waals surface area (Å²) in [5, 5.41) is 11.6. The molecule has 0 aliphatic carbocycles. The maximum atomic E-state index is 12.0. The lowest BCUT2D eigenvalue weighted by molar-refractivity contribution is 0.0689. The first-order valence-electron chi connectivity index (χ1n) is 7.42. The van der Waals surface area contributed by atoms with Gasteiger partial charge in [0.15, 0.2) is 0 Å². The molecule has 0 fully saturated rings. The Morgan fingerprint density at radius 2 is 1.78 bits per heavy atom. The van der Waals surface area contributed by atoms with Crippen molar-refractivity contribution in [3.63, 3.8) is 0 Å². The number of pyridine rings is 1. The molecule has 0 saturated carbocycles. The molecule has 0 radical (unpaired) electrons. The fourth-order valence-electron chi connectivity index (χ4n) is 2.66. The number of amides is 1. The van der Waals surface area contributed by atoms with Crippen LogP contribution in [-0.4, -0.2) is 28.5 Å². The van der Waals surface area contributed by atoms with E-state index in [9.17, 15) is 9.59 Å². The van der Waals surface area contributed by atoms with Gasteiger partial charge in [0.1, 0.15) is 5.69 Å². The van der Waals surface area contributed by atoms with Crippen molar-refractivity contribution in [2.75, 3.05) is 6.54 Å². The van der Waals surface area contributed by atoms with E-state index in [4.69, 9.17) is 5.11 Å². The molecule has 1 amide bonds. The second-order valence-electron chi connectivity index (χ2n) is 5.62. The zero-order valence-corrected chi connectivity index (χ0v) is 13.5. The number of carboxylic acids is 1. The van der Waals surface area contributed by atoms with Crippen molar-refractivity contribution in [3.8, 4) is 0 Å². The maximum absolute atomic E-state index is 12.0. The predicted octanol–water partition coefficient (Wildman–Crippen LogP) is 2.68. The van der Waals surface area contributed by atoms with E-state index in [1.807, 2.05) is 0 Å². The van der Waals surface area contributed by atoms with Crippen molar-refractivity contribution in [3.05, 3.63) is 64.0 Å². The Balaban J connectivity index is 1.96. The molecule has 2 aromatic rings. The van der Waals surface area contributed by atoms with Crippen LogP contribution in [0.15, 0.2) is 30.5 Å². The van der Waals surface area contributed by atoms with Gasteiger partial charge in [-0.25, -0.2) is 9.78 Å². The highest BCUT2D eigenvalue weighted by Gasteiger charge is 2.09. The number of aromatic nitrogens is 1. The molecule has 0 spiro atoms. The number of aromatic carboxylic acids is 1. The lowest BCUT2D eigenvalue weighted by Gasteiger charge is -2.12. The van der Waals surface area contributed by atoms with Crippen LogP contribution in [0.25, 0.3) is 0 Å². The summed E-state index contributed by atoms with van der Waals surface area (Å²) in [5.74, 6) is -1.36. The number of carbonyl (C=O) groups excluding carboxylic acids is 1. The largest absolute Gasteiger partial charge is 0.477 e. The summed E-state index contributed by atoms with van der Waals surface area (Å²) in [6.45, 7) is 6.74. The third-order valence-corrected chi connectivity index (χ3v) is 3.75. The van der Waals surface area contributed by atoms with E-state index in [-0.39, 0.29) is 11.6 Å². The molecule has 0 unspecified atom stereocenters. The number of hydrogen-bond donors (Lipinski definition) is 2. The molecule has 0 aliphatic heterocycles. The molecular formula is C18H20N2O3. The summed E-state index contributed by atoms with van der Waals surface area (Å²) < 4.78 is 0. The van der Waals surface area contributed by atoms with Gasteiger partial charge in [-0.05, 0) is 56.0 Å². The van der Waals surface area contributed by atoms with E-state index in [1.54, 1.807) is 0 Å². The van der Waals surface area contributed by atoms with Gasteiger partial charge in [-0.15, -0.1) is 0 Å². The van der Waals surface area contributed by atoms with Crippen molar-refractivity contribution >= 4 is 11.9 Å². The van der Waals surface area contributed by atoms with Crippen LogP contribution in [0.5, 0.6) is 0 Å². The number of nitrogens with zero attached hydrogens (tertiary/aromatic N) is 1. The zero-order chi connectivity index (χ0) is 17.0. The van der Waals surface area contributed by atoms with Gasteiger partial charge >= 0.3 is 5.97 Å². The molecule has 1 aromatic heterocycles. The fourth-order valence-corrected chi connectivity index (χ4v) is 2.66. The molecular weight excluding hydrogens is 292 g/mol. The van der Waals surface area contributed by atoms with Crippen molar-refractivity contribution < 1.29 is 14.7 Å². The van der Waals surface area contributed by atoms with Crippen LogP contribution < -0.4 is 5.32 Å². The van der Waals surface area contributed by atoms with Crippen molar-refractivity contribution in [2.45, 2.75) is 27.2 Å². The number of benzene rings is 1. The molecule has 1 heterocycles. The highest BCUT2D eigenvalue weighted by Crippen LogP contribution is 2.16. The smallest absolute Gasteiger partial charge is 0.354 e. The standard InChI is InChI=1S/C18H20N2O3/c1-11-8-12(2)15(13(3)9-11)6-7-19-17(21)14-4-5-16(18(22)23)20-10-14/h4-5,8-10H,6-7H2,1-3H3,(H,19,21)(H,22,23). The van der Waals surface area contributed by atoms with Crippen LogP contribution in [0.2, 0.25) is 0 Å². The first-order chi connectivity index (χ1) is 10.9. The van der Waals surface area contributed by atoms with Crippen LogP contribution in [0.3, 0.4) is 0 Å². The summed E-state index contributed by atoms with van der Waals surface area (Å²) in [7, 11) is 0. The topological polar surface area (TPSA) is 79.3 Å². The Morgan fingerprint density at radius 1 is 1.13 bits per heavy atom. The Bertz CT molecular complexity index is 713. The third-order valence-electron chi connectivity index (χ3n) is 3.75. The van der Waals surface area contributed by atoms with Gasteiger partial charge in [0.05, 0.1) is 5.56 Å². The number of hydrogen-bond acceptors (Lipinski definition) is 3. The Morgan fingerprint density at radius 3 is 2.30 bits per heavy atom. The molecule has 2 rings (SSSR count). The minimum absolute atomic E-state index is 0.0764. The van der Waals surface area contributed by atoms with Gasteiger partial charge < -0.3 is 10.4 Å². The van der Waals surface area contributed by atoms with E-state index in [1.165, 1.54) is 40.6 Å². The normalized spacial score (nSPS) is 10.4. The van der Waals surface area contributed by atoms with E-state index in [2.05, 4.69) is 43.2 Å². The number of rotatable bonds is 5. The number of nitrogens with one attached hydrogen (secondary N) is 1. The van der Waals surface area contributed by atoms with Crippen LogP contribution >= 0.6 is 0 Å². The summed E-state index contributed by atoms with van der Waals surface area (Å²) in [6.07, 6.45) is 2.03. The van der Waals surface area contributed by atoms with Gasteiger partial charge in [-0.3, -0.25) is 4.79 Å². The van der Waals surface area contributed by atoms with Gasteiger partial charge in [0.2, 0.25) is 0 Å². The number of carboxylic acid groups (broad SMARTS) is 1. The second-order valence-corrected chi connectivity index (χ2v) is 5.62. The van der Waals surface area contributed by atoms with Crippen LogP contribution in [0, 0.1) is 20.8 Å². The molecule has 0 saturated heterocycles. The molecule has 5 nitrogen and oxygen atoms in total. The molecule has 120 valence electrons. The van der Waals surface area contributed by atoms with E-state index >= 15 is 0 Å². The summed E-state index contributed by atoms with van der Waals surface area (Å²) in [5.41, 5.74) is 5.21. The van der Waals surface area contributed by atoms with E-state index in [0.29, 0.717) is 12.1 Å². The SMILES string of the molecule is Cc1cc(C)c(CCNC(=O)c2ccc(C(=O)O)nc2)c(C)c1. The Labute approximate surface area is 135 Å². The number of carbonyl (C=O) groups is 2. The van der Waals surface area contributed by atoms with Gasteiger partial charge in [0, 0.05) is 12.7 Å². The Kier molecular flexibility index (Phi) is 5.11. The van der Waals surface area contributed by atoms with Crippen molar-refractivity contribution in [2.24, 2.45) is 0 Å². The molecule has 23 heavy (non-hydrogen) atoms. The first-order valence-corrected chi connectivity index (χ1v) is 7.42. The zero-order valence-electron chi connectivity index (χ0n) is 13.5. The lowest BCUT2D eigenvalue weighted by Crippen LogP contribution is -2.26. The summed E-state index contributed by atoms with van der Waals surface area (Å²) >= 11 is 0. The quantitative estimate of drug-likeness (QED) is 0.889. The van der Waals surface area contributed by atoms with Gasteiger partial charge in [-0.2, -0.15) is 0 Å². The molecule has 2 N–H and O–H groups in total. The molecule has 0 atom stereocenters. The van der Waals surface area contributed by atoms with Crippen LogP contribution in [0.1, 0.15) is 43.1 Å². The third kappa shape index (κ3) is 4.16. The highest BCUT2D eigenvalue weighted by atomic mass is 16.4. The van der Waals surface area contributed by atoms with Gasteiger partial charge in [0.25, 0.3) is 5.91 Å². The summed E-state index contributed by atoms with van der Waals surface area (Å²) in [6, 6.07) is 7.07. The fraction of sp³-hybridized carbons (Fsp3) is 0.278. The molecule has 5 heteroatoms. The monoisotopic (exact) mass is 312 g/mol. The summed E-state index contributed by atoms with van der Waals surface area (Å²) in [4.78, 5) is 26.5. The van der Waals surface area contributed by atoms with E-state index in [0.717, 1.165) is 6.42 Å². The van der Waals surface area contributed by atoms with Crippen LogP contribution in [-0.2, 0) is 6.42 Å². The minimum Gasteiger partial charge on any atom is -0.477 e. The number of aryl methyl sites for hydroxylation is 3. The molecule has 0 bridgehead atoms. The highest BCUT2D eigenvalue weighted by molar-refractivity contribution is 5.94. The second kappa shape index (κ2) is 7.05. The van der Waals surface area contributed by atoms with E-state index < -0.39 is 5.97 Å². The lowest BCUT2D eigenvalue weighted by atomic mass is 9.97. The molecule has 1 aromatic carbocycles. The Hall–Kier alpha value is -2.69. The average molecular weight is 312 g/mol. The molecule has 0 aliphatic rings. The first kappa shape index (κ1) is 16.7. The average Bonchev–Trinajstić information content (AvgIpc) is 2.49. The van der Waals surface area contributed by atoms with Crippen LogP contribution in [0.4, 0.5) is 0 Å². The van der Waals surface area contributed by atoms with Gasteiger partial charge in [-0.1, -0.05) is 17.7 Å².